The molecule has 0 bridgehead atoms. The van der Waals surface area contributed by atoms with Crippen molar-refractivity contribution in [3.05, 3.63) is 28.2 Å². The summed E-state index contributed by atoms with van der Waals surface area (Å²) in [5.41, 5.74) is 1.96. The number of methoxy groups -OCH3 is 1. The number of rotatable bonds is 5. The lowest BCUT2D eigenvalue weighted by Crippen LogP contribution is -2.34. The van der Waals surface area contributed by atoms with E-state index in [1.54, 1.807) is 13.2 Å². The number of hydrogen-bond acceptors (Lipinski definition) is 5. The maximum Gasteiger partial charge on any atom is 0.252 e. The highest BCUT2D eigenvalue weighted by molar-refractivity contribution is 7.91. The summed E-state index contributed by atoms with van der Waals surface area (Å²) in [5.74, 6) is 0. The Balaban J connectivity index is 2.19. The van der Waals surface area contributed by atoms with Crippen LogP contribution in [0, 0.1) is 6.92 Å². The molecule has 112 valence electrons. The van der Waals surface area contributed by atoms with Gasteiger partial charge >= 0.3 is 0 Å². The Morgan fingerprint density at radius 1 is 1.50 bits per heavy atom. The first-order valence-corrected chi connectivity index (χ1v) is 8.62. The lowest BCUT2D eigenvalue weighted by atomic mass is 10.1. The van der Waals surface area contributed by atoms with E-state index in [-0.39, 0.29) is 6.61 Å². The van der Waals surface area contributed by atoms with Crippen LogP contribution >= 0.6 is 11.3 Å². The Hall–Kier alpha value is -0.730. The maximum atomic E-state index is 12.5. The van der Waals surface area contributed by atoms with Crippen molar-refractivity contribution >= 4 is 21.4 Å². The van der Waals surface area contributed by atoms with Crippen molar-refractivity contribution in [2.24, 2.45) is 0 Å². The zero-order valence-corrected chi connectivity index (χ0v) is 13.3. The van der Waals surface area contributed by atoms with Crippen molar-refractivity contribution < 1.29 is 18.3 Å². The average molecular weight is 317 g/mol. The fraction of sp³-hybridized carbons (Fsp3) is 0.538. The Bertz CT molecular complexity index is 604. The largest absolute Gasteiger partial charge is 0.391 e. The third-order valence-corrected chi connectivity index (χ3v) is 6.87. The molecule has 0 fully saturated rings. The second kappa shape index (κ2) is 6.36. The summed E-state index contributed by atoms with van der Waals surface area (Å²) in [6, 6.07) is 1.64. The lowest BCUT2D eigenvalue weighted by molar-refractivity contribution is 0.219. The number of aryl methyl sites for hydroxylation is 1. The van der Waals surface area contributed by atoms with Crippen molar-refractivity contribution in [1.82, 2.24) is 4.31 Å². The van der Waals surface area contributed by atoms with Gasteiger partial charge in [0.15, 0.2) is 0 Å². The third kappa shape index (κ3) is 3.12. The summed E-state index contributed by atoms with van der Waals surface area (Å²) >= 11 is 1.15. The predicted molar refractivity (Wildman–Crippen MR) is 78.3 cm³/mol. The minimum atomic E-state index is -3.46. The minimum absolute atomic E-state index is 0.121. The maximum absolute atomic E-state index is 12.5. The van der Waals surface area contributed by atoms with Crippen LogP contribution in [0.15, 0.2) is 21.9 Å². The second-order valence-corrected chi connectivity index (χ2v) is 8.04. The highest BCUT2D eigenvalue weighted by atomic mass is 32.2. The van der Waals surface area contributed by atoms with Gasteiger partial charge in [-0.05, 0) is 30.5 Å². The molecule has 1 aliphatic rings. The van der Waals surface area contributed by atoms with E-state index in [2.05, 4.69) is 0 Å². The number of aliphatic hydroxyl groups excluding tert-OH is 1. The molecule has 1 aromatic rings. The molecule has 5 nitrogen and oxygen atoms in total. The van der Waals surface area contributed by atoms with Crippen molar-refractivity contribution in [2.75, 3.05) is 26.8 Å². The van der Waals surface area contributed by atoms with E-state index in [0.717, 1.165) is 22.5 Å². The summed E-state index contributed by atoms with van der Waals surface area (Å²) in [6.45, 7) is 3.10. The summed E-state index contributed by atoms with van der Waals surface area (Å²) in [6.07, 6.45) is 2.61. The minimum Gasteiger partial charge on any atom is -0.391 e. The Morgan fingerprint density at radius 2 is 2.25 bits per heavy atom. The second-order valence-electron chi connectivity index (χ2n) is 4.74. The molecular formula is C13H19NO4S2. The van der Waals surface area contributed by atoms with Crippen LogP contribution in [0.2, 0.25) is 0 Å². The summed E-state index contributed by atoms with van der Waals surface area (Å²) in [7, 11) is -1.82. The topological polar surface area (TPSA) is 66.8 Å². The summed E-state index contributed by atoms with van der Waals surface area (Å²) in [5, 5.41) is 9.18. The molecule has 0 amide bonds. The molecule has 0 saturated heterocycles. The Morgan fingerprint density at radius 3 is 2.75 bits per heavy atom. The normalized spacial score (nSPS) is 17.2. The molecule has 0 aliphatic carbocycles. The van der Waals surface area contributed by atoms with Gasteiger partial charge in [-0.2, -0.15) is 4.31 Å². The zero-order chi connectivity index (χ0) is 14.8. The van der Waals surface area contributed by atoms with Gasteiger partial charge in [0.25, 0.3) is 10.0 Å². The first-order valence-electron chi connectivity index (χ1n) is 6.36. The molecule has 1 N–H and O–H groups in total. The zero-order valence-electron chi connectivity index (χ0n) is 11.6. The number of hydrogen-bond donors (Lipinski definition) is 1. The van der Waals surface area contributed by atoms with E-state index in [4.69, 9.17) is 4.74 Å². The molecule has 0 spiro atoms. The first-order chi connectivity index (χ1) is 9.48. The van der Waals surface area contributed by atoms with E-state index in [1.165, 1.54) is 4.31 Å². The monoisotopic (exact) mass is 317 g/mol. The van der Waals surface area contributed by atoms with E-state index in [0.29, 0.717) is 35.2 Å². The van der Waals surface area contributed by atoms with Crippen molar-refractivity contribution in [3.63, 3.8) is 0 Å². The summed E-state index contributed by atoms with van der Waals surface area (Å²) < 4.78 is 31.9. The molecule has 0 unspecified atom stereocenters. The molecule has 0 aromatic carbocycles. The predicted octanol–water partition coefficient (Wildman–Crippen LogP) is 1.52. The van der Waals surface area contributed by atoms with E-state index < -0.39 is 10.0 Å². The van der Waals surface area contributed by atoms with E-state index in [1.807, 2.05) is 13.0 Å². The number of aliphatic hydroxyl groups is 1. The number of nitrogens with zero attached hydrogens (tertiary/aromatic N) is 1. The van der Waals surface area contributed by atoms with Crippen LogP contribution in [0.25, 0.3) is 0 Å². The lowest BCUT2D eigenvalue weighted by Gasteiger charge is -2.25. The van der Waals surface area contributed by atoms with Gasteiger partial charge < -0.3 is 9.84 Å². The fourth-order valence-electron chi connectivity index (χ4n) is 2.13. The average Bonchev–Trinajstić information content (AvgIpc) is 2.82. The third-order valence-electron chi connectivity index (χ3n) is 3.33. The van der Waals surface area contributed by atoms with Crippen LogP contribution in [0.5, 0.6) is 0 Å². The van der Waals surface area contributed by atoms with Crippen LogP contribution in [-0.4, -0.2) is 44.6 Å². The van der Waals surface area contributed by atoms with Crippen molar-refractivity contribution in [3.8, 4) is 0 Å². The Labute approximate surface area is 123 Å². The number of sulfonamides is 1. The SMILES string of the molecule is COCC1=CCN(S(=O)(=O)c2cc(C)c(CO)s2)CC1. The molecular weight excluding hydrogens is 298 g/mol. The van der Waals surface area contributed by atoms with Gasteiger partial charge in [-0.3, -0.25) is 0 Å². The molecule has 1 aromatic heterocycles. The van der Waals surface area contributed by atoms with Crippen molar-refractivity contribution in [1.29, 1.82) is 0 Å². The van der Waals surface area contributed by atoms with Gasteiger partial charge in [0.05, 0.1) is 13.2 Å². The highest BCUT2D eigenvalue weighted by Crippen LogP contribution is 2.29. The van der Waals surface area contributed by atoms with Crippen LogP contribution < -0.4 is 0 Å². The molecule has 7 heteroatoms. The van der Waals surface area contributed by atoms with Crippen LogP contribution in [-0.2, 0) is 21.4 Å². The molecule has 0 radical (unpaired) electrons. The molecule has 2 rings (SSSR count). The van der Waals surface area contributed by atoms with Crippen LogP contribution in [0.4, 0.5) is 0 Å². The van der Waals surface area contributed by atoms with Gasteiger partial charge in [0.2, 0.25) is 0 Å². The van der Waals surface area contributed by atoms with Gasteiger partial charge in [0.1, 0.15) is 4.21 Å². The van der Waals surface area contributed by atoms with Gasteiger partial charge in [-0.1, -0.05) is 6.08 Å². The molecule has 1 aliphatic heterocycles. The first kappa shape index (κ1) is 15.7. The quantitative estimate of drug-likeness (QED) is 0.836. The van der Waals surface area contributed by atoms with Gasteiger partial charge in [0, 0.05) is 25.1 Å². The number of thiophene rings is 1. The van der Waals surface area contributed by atoms with E-state index in [9.17, 15) is 13.5 Å². The van der Waals surface area contributed by atoms with Gasteiger partial charge in [-0.25, -0.2) is 8.42 Å². The molecule has 0 atom stereocenters. The Kier molecular flexibility index (Phi) is 4.98. The molecule has 20 heavy (non-hydrogen) atoms. The smallest absolute Gasteiger partial charge is 0.252 e. The highest BCUT2D eigenvalue weighted by Gasteiger charge is 2.28. The summed E-state index contributed by atoms with van der Waals surface area (Å²) in [4.78, 5) is 0.705. The molecule has 0 saturated carbocycles. The van der Waals surface area contributed by atoms with Crippen LogP contribution in [0.3, 0.4) is 0 Å². The van der Waals surface area contributed by atoms with Crippen LogP contribution in [0.1, 0.15) is 16.9 Å². The number of ether oxygens (including phenoxy) is 1. The van der Waals surface area contributed by atoms with Crippen molar-refractivity contribution in [2.45, 2.75) is 24.2 Å². The standard InChI is InChI=1S/C13H19NO4S2/c1-10-7-13(19-12(10)8-15)20(16,17)14-5-3-11(4-6-14)9-18-2/h3,7,15H,4-6,8-9H2,1-2H3. The van der Waals surface area contributed by atoms with E-state index >= 15 is 0 Å². The fourth-order valence-corrected chi connectivity index (χ4v) is 5.11. The van der Waals surface area contributed by atoms with Gasteiger partial charge in [-0.15, -0.1) is 11.3 Å². The molecule has 2 heterocycles.